The number of hydrogen-bond acceptors (Lipinski definition) is 7. The van der Waals surface area contributed by atoms with Gasteiger partial charge in [0.25, 0.3) is 10.0 Å². The molecule has 0 aliphatic carbocycles. The van der Waals surface area contributed by atoms with Crippen molar-refractivity contribution < 1.29 is 8.42 Å². The molecule has 10 heteroatoms. The van der Waals surface area contributed by atoms with Crippen molar-refractivity contribution in [1.29, 1.82) is 0 Å². The van der Waals surface area contributed by atoms with E-state index in [2.05, 4.69) is 46.2 Å². The molecule has 0 aliphatic rings. The third-order valence-electron chi connectivity index (χ3n) is 4.37. The van der Waals surface area contributed by atoms with Gasteiger partial charge in [0, 0.05) is 28.1 Å². The van der Waals surface area contributed by atoms with E-state index in [9.17, 15) is 8.42 Å². The van der Waals surface area contributed by atoms with Gasteiger partial charge >= 0.3 is 0 Å². The average molecular weight is 511 g/mol. The van der Waals surface area contributed by atoms with Gasteiger partial charge < -0.3 is 10.6 Å². The molecule has 0 aliphatic heterocycles. The second-order valence-electron chi connectivity index (χ2n) is 6.89. The predicted octanol–water partition coefficient (Wildman–Crippen LogP) is 5.23. The van der Waals surface area contributed by atoms with Crippen molar-refractivity contribution in [2.45, 2.75) is 11.8 Å². The van der Waals surface area contributed by atoms with E-state index in [1.807, 2.05) is 19.1 Å². The molecule has 0 fully saturated rings. The number of anilines is 5. The van der Waals surface area contributed by atoms with Crippen molar-refractivity contribution in [3.05, 3.63) is 89.3 Å². The van der Waals surface area contributed by atoms with Crippen LogP contribution in [-0.2, 0) is 10.0 Å². The number of rotatable bonds is 7. The zero-order chi connectivity index (χ0) is 22.6. The smallest absolute Gasteiger partial charge is 0.261 e. The Balaban J connectivity index is 1.43. The van der Waals surface area contributed by atoms with E-state index in [0.717, 1.165) is 15.7 Å². The van der Waals surface area contributed by atoms with Crippen LogP contribution >= 0.6 is 15.9 Å². The lowest BCUT2D eigenvalue weighted by atomic mass is 10.3. The fraction of sp³-hybridized carbons (Fsp3) is 0.0455. The molecule has 2 aromatic heterocycles. The van der Waals surface area contributed by atoms with Gasteiger partial charge in [-0.1, -0.05) is 15.9 Å². The first-order valence-electron chi connectivity index (χ1n) is 9.55. The number of nitrogens with zero attached hydrogens (tertiary/aromatic N) is 3. The van der Waals surface area contributed by atoms with Crippen LogP contribution in [0.2, 0.25) is 0 Å². The Bertz CT molecular complexity index is 1330. The van der Waals surface area contributed by atoms with Gasteiger partial charge in [-0.3, -0.25) is 4.72 Å². The minimum absolute atomic E-state index is 0.187. The summed E-state index contributed by atoms with van der Waals surface area (Å²) in [6, 6.07) is 18.9. The van der Waals surface area contributed by atoms with E-state index in [1.54, 1.807) is 48.7 Å². The monoisotopic (exact) mass is 510 g/mol. The van der Waals surface area contributed by atoms with Crippen LogP contribution in [0, 0.1) is 6.92 Å². The number of hydrogen-bond donors (Lipinski definition) is 3. The highest BCUT2D eigenvalue weighted by Crippen LogP contribution is 2.22. The molecule has 0 saturated carbocycles. The molecule has 162 valence electrons. The molecule has 0 saturated heterocycles. The average Bonchev–Trinajstić information content (AvgIpc) is 2.76. The fourth-order valence-electron chi connectivity index (χ4n) is 2.83. The summed E-state index contributed by atoms with van der Waals surface area (Å²) in [5.41, 5.74) is 2.29. The van der Waals surface area contributed by atoms with E-state index in [1.165, 1.54) is 18.5 Å². The summed E-state index contributed by atoms with van der Waals surface area (Å²) in [7, 11) is -3.67. The van der Waals surface area contributed by atoms with E-state index in [4.69, 9.17) is 0 Å². The van der Waals surface area contributed by atoms with Gasteiger partial charge in [-0.05, 0) is 73.2 Å². The van der Waals surface area contributed by atoms with Crippen LogP contribution in [0.1, 0.15) is 5.56 Å². The zero-order valence-electron chi connectivity index (χ0n) is 16.9. The Kier molecular flexibility index (Phi) is 6.33. The number of sulfonamides is 1. The highest BCUT2D eigenvalue weighted by Gasteiger charge is 2.13. The summed E-state index contributed by atoms with van der Waals surface area (Å²) >= 11 is 3.30. The highest BCUT2D eigenvalue weighted by molar-refractivity contribution is 9.10. The van der Waals surface area contributed by atoms with Crippen molar-refractivity contribution >= 4 is 54.8 Å². The quantitative estimate of drug-likeness (QED) is 0.312. The molecule has 0 atom stereocenters. The summed E-state index contributed by atoms with van der Waals surface area (Å²) in [6.07, 6.45) is 3.17. The van der Waals surface area contributed by atoms with Gasteiger partial charge in [0.1, 0.15) is 23.8 Å². The van der Waals surface area contributed by atoms with Crippen LogP contribution in [0.4, 0.5) is 28.8 Å². The van der Waals surface area contributed by atoms with Gasteiger partial charge in [-0.2, -0.15) is 0 Å². The third-order valence-corrected chi connectivity index (χ3v) is 6.30. The van der Waals surface area contributed by atoms with Crippen molar-refractivity contribution in [3.63, 3.8) is 0 Å². The number of pyridine rings is 1. The number of benzene rings is 2. The SMILES string of the molecule is Cc1ccnc(Nc2cc(Nc3ccc(NS(=O)(=O)c4ccc(Br)cc4)cc3)ncn2)c1. The van der Waals surface area contributed by atoms with Crippen LogP contribution in [0.3, 0.4) is 0 Å². The lowest BCUT2D eigenvalue weighted by Gasteiger charge is -2.11. The minimum Gasteiger partial charge on any atom is -0.340 e. The van der Waals surface area contributed by atoms with E-state index >= 15 is 0 Å². The molecule has 0 amide bonds. The van der Waals surface area contributed by atoms with Crippen molar-refractivity contribution in [2.75, 3.05) is 15.4 Å². The van der Waals surface area contributed by atoms with Crippen LogP contribution < -0.4 is 15.4 Å². The molecule has 32 heavy (non-hydrogen) atoms. The van der Waals surface area contributed by atoms with Crippen molar-refractivity contribution in [3.8, 4) is 0 Å². The van der Waals surface area contributed by atoms with Crippen LogP contribution in [0.25, 0.3) is 0 Å². The zero-order valence-corrected chi connectivity index (χ0v) is 19.4. The molecule has 8 nitrogen and oxygen atoms in total. The Morgan fingerprint density at radius 1 is 0.750 bits per heavy atom. The summed E-state index contributed by atoms with van der Waals surface area (Å²) in [6.45, 7) is 1.99. The first-order chi connectivity index (χ1) is 15.4. The summed E-state index contributed by atoms with van der Waals surface area (Å²) in [5, 5.41) is 6.32. The third kappa shape index (κ3) is 5.59. The maximum absolute atomic E-state index is 12.5. The maximum Gasteiger partial charge on any atom is 0.261 e. The Morgan fingerprint density at radius 3 is 2.06 bits per heavy atom. The molecular weight excluding hydrogens is 492 g/mol. The molecule has 4 aromatic rings. The molecule has 0 radical (unpaired) electrons. The summed E-state index contributed by atoms with van der Waals surface area (Å²) < 4.78 is 28.4. The van der Waals surface area contributed by atoms with Crippen LogP contribution in [0.5, 0.6) is 0 Å². The summed E-state index contributed by atoms with van der Waals surface area (Å²) in [4.78, 5) is 12.9. The number of aryl methyl sites for hydroxylation is 1. The van der Waals surface area contributed by atoms with Crippen LogP contribution in [-0.4, -0.2) is 23.4 Å². The topological polar surface area (TPSA) is 109 Å². The molecule has 0 spiro atoms. The molecule has 3 N–H and O–H groups in total. The Morgan fingerprint density at radius 2 is 1.38 bits per heavy atom. The maximum atomic E-state index is 12.5. The van der Waals surface area contributed by atoms with Gasteiger partial charge in [-0.15, -0.1) is 0 Å². The molecule has 0 bridgehead atoms. The van der Waals surface area contributed by atoms with E-state index in [0.29, 0.717) is 23.1 Å². The van der Waals surface area contributed by atoms with Gasteiger partial charge in [0.15, 0.2) is 0 Å². The number of nitrogens with one attached hydrogen (secondary N) is 3. The standard InChI is InChI=1S/C22H19BrN6O2S/c1-15-10-11-24-20(12-15)28-22-13-21(25-14-26-22)27-17-4-6-18(7-5-17)29-32(30,31)19-8-2-16(23)3-9-19/h2-14,29H,1H3,(H2,24,25,26,27,28). The molecule has 4 rings (SSSR count). The molecule has 0 unspecified atom stereocenters. The number of aromatic nitrogens is 3. The lowest BCUT2D eigenvalue weighted by molar-refractivity contribution is 0.601. The Hall–Kier alpha value is -3.50. The van der Waals surface area contributed by atoms with Gasteiger partial charge in [0.05, 0.1) is 4.90 Å². The normalized spacial score (nSPS) is 11.1. The van der Waals surface area contributed by atoms with E-state index < -0.39 is 10.0 Å². The number of halogens is 1. The van der Waals surface area contributed by atoms with Gasteiger partial charge in [0.2, 0.25) is 0 Å². The van der Waals surface area contributed by atoms with Crippen LogP contribution in [0.15, 0.2) is 88.6 Å². The van der Waals surface area contributed by atoms with Crippen molar-refractivity contribution in [2.24, 2.45) is 0 Å². The molecule has 2 heterocycles. The second-order valence-corrected chi connectivity index (χ2v) is 9.49. The molecule has 2 aromatic carbocycles. The lowest BCUT2D eigenvalue weighted by Crippen LogP contribution is -2.12. The first kappa shape index (κ1) is 21.7. The largest absolute Gasteiger partial charge is 0.340 e. The second kappa shape index (κ2) is 9.33. The predicted molar refractivity (Wildman–Crippen MR) is 129 cm³/mol. The van der Waals surface area contributed by atoms with Crippen molar-refractivity contribution in [1.82, 2.24) is 15.0 Å². The first-order valence-corrected chi connectivity index (χ1v) is 11.8. The van der Waals surface area contributed by atoms with Gasteiger partial charge in [-0.25, -0.2) is 23.4 Å². The fourth-order valence-corrected chi connectivity index (χ4v) is 4.15. The summed E-state index contributed by atoms with van der Waals surface area (Å²) in [5.74, 6) is 1.87. The Labute approximate surface area is 194 Å². The van der Waals surface area contributed by atoms with E-state index in [-0.39, 0.29) is 4.90 Å². The minimum atomic E-state index is -3.67. The molecular formula is C22H19BrN6O2S. The highest BCUT2D eigenvalue weighted by atomic mass is 79.9.